The van der Waals surface area contributed by atoms with Crippen LogP contribution in [0.3, 0.4) is 0 Å². The van der Waals surface area contributed by atoms with Gasteiger partial charge in [-0.2, -0.15) is 0 Å². The second kappa shape index (κ2) is 6.40. The Labute approximate surface area is 116 Å². The van der Waals surface area contributed by atoms with Crippen LogP contribution >= 0.6 is 0 Å². The number of hydrogen-bond acceptors (Lipinski definition) is 3. The summed E-state index contributed by atoms with van der Waals surface area (Å²) in [5.41, 5.74) is 4.06. The summed E-state index contributed by atoms with van der Waals surface area (Å²) in [5.74, 6) is 0.658. The molecule has 1 N–H and O–H groups in total. The Bertz CT molecular complexity index is 419. The van der Waals surface area contributed by atoms with E-state index in [4.69, 9.17) is 4.74 Å². The first-order valence-corrected chi connectivity index (χ1v) is 7.17. The van der Waals surface area contributed by atoms with Gasteiger partial charge in [-0.1, -0.05) is 19.1 Å². The first-order valence-electron chi connectivity index (χ1n) is 7.17. The molecule has 1 fully saturated rings. The highest BCUT2D eigenvalue weighted by Crippen LogP contribution is 2.27. The molecule has 0 aromatic heterocycles. The number of piperidine rings is 1. The summed E-state index contributed by atoms with van der Waals surface area (Å²) < 4.78 is 5.61. The third-order valence-electron chi connectivity index (χ3n) is 4.17. The summed E-state index contributed by atoms with van der Waals surface area (Å²) in [6, 6.07) is 6.76. The van der Waals surface area contributed by atoms with E-state index < -0.39 is 0 Å². The van der Waals surface area contributed by atoms with Crippen molar-refractivity contribution in [2.24, 2.45) is 5.92 Å². The molecule has 2 rings (SSSR count). The molecule has 2 unspecified atom stereocenters. The number of anilines is 1. The molecule has 1 aliphatic rings. The normalized spacial score (nSPS) is 23.7. The lowest BCUT2D eigenvalue weighted by atomic mass is 9.94. The topological polar surface area (TPSA) is 24.5 Å². The number of hydrogen-bond donors (Lipinski definition) is 1. The van der Waals surface area contributed by atoms with Crippen LogP contribution in [-0.4, -0.2) is 33.4 Å². The van der Waals surface area contributed by atoms with Gasteiger partial charge in [0.15, 0.2) is 0 Å². The van der Waals surface area contributed by atoms with Gasteiger partial charge in [-0.25, -0.2) is 0 Å². The van der Waals surface area contributed by atoms with E-state index in [0.29, 0.717) is 12.0 Å². The Morgan fingerprint density at radius 1 is 1.42 bits per heavy atom. The SMILES string of the molecule is CNCc1ccc(N2CCC(C)C(OC)C2)c(C)c1. The second-order valence-electron chi connectivity index (χ2n) is 5.64. The third kappa shape index (κ3) is 3.28. The lowest BCUT2D eigenvalue weighted by Gasteiger charge is -2.38. The van der Waals surface area contributed by atoms with Gasteiger partial charge in [-0.3, -0.25) is 0 Å². The third-order valence-corrected chi connectivity index (χ3v) is 4.17. The van der Waals surface area contributed by atoms with Gasteiger partial charge >= 0.3 is 0 Å². The van der Waals surface area contributed by atoms with E-state index in [1.54, 1.807) is 0 Å². The van der Waals surface area contributed by atoms with Crippen molar-refractivity contribution in [1.82, 2.24) is 5.32 Å². The maximum Gasteiger partial charge on any atom is 0.0772 e. The first kappa shape index (κ1) is 14.4. The van der Waals surface area contributed by atoms with Gasteiger partial charge in [0.2, 0.25) is 0 Å². The van der Waals surface area contributed by atoms with Crippen LogP contribution in [0.4, 0.5) is 5.69 Å². The Balaban J connectivity index is 2.13. The van der Waals surface area contributed by atoms with Crippen molar-refractivity contribution in [3.05, 3.63) is 29.3 Å². The lowest BCUT2D eigenvalue weighted by molar-refractivity contribution is 0.0498. The molecule has 2 atom stereocenters. The van der Waals surface area contributed by atoms with E-state index in [1.165, 1.54) is 23.2 Å². The van der Waals surface area contributed by atoms with Crippen LogP contribution in [0.25, 0.3) is 0 Å². The van der Waals surface area contributed by atoms with Gasteiger partial charge < -0.3 is 15.0 Å². The van der Waals surface area contributed by atoms with Crippen molar-refractivity contribution in [2.45, 2.75) is 32.9 Å². The molecule has 3 heteroatoms. The van der Waals surface area contributed by atoms with Gasteiger partial charge in [0, 0.05) is 32.4 Å². The van der Waals surface area contributed by atoms with Crippen molar-refractivity contribution in [2.75, 3.05) is 32.1 Å². The Hall–Kier alpha value is -1.06. The average molecular weight is 262 g/mol. The fraction of sp³-hybridized carbons (Fsp3) is 0.625. The largest absolute Gasteiger partial charge is 0.379 e. The summed E-state index contributed by atoms with van der Waals surface area (Å²) in [5, 5.41) is 3.20. The molecule has 0 bridgehead atoms. The van der Waals surface area contributed by atoms with Gasteiger partial charge in [-0.05, 0) is 43.5 Å². The second-order valence-corrected chi connectivity index (χ2v) is 5.64. The summed E-state index contributed by atoms with van der Waals surface area (Å²) >= 11 is 0. The highest BCUT2D eigenvalue weighted by atomic mass is 16.5. The molecule has 1 saturated heterocycles. The fourth-order valence-electron chi connectivity index (χ4n) is 2.95. The Kier molecular flexibility index (Phi) is 4.83. The molecule has 3 nitrogen and oxygen atoms in total. The van der Waals surface area contributed by atoms with E-state index in [0.717, 1.165) is 19.6 Å². The Morgan fingerprint density at radius 2 is 2.21 bits per heavy atom. The van der Waals surface area contributed by atoms with Crippen LogP contribution in [0.5, 0.6) is 0 Å². The van der Waals surface area contributed by atoms with Crippen LogP contribution in [0.15, 0.2) is 18.2 Å². The maximum atomic E-state index is 5.61. The number of nitrogens with one attached hydrogen (secondary N) is 1. The number of rotatable bonds is 4. The monoisotopic (exact) mass is 262 g/mol. The Morgan fingerprint density at radius 3 is 2.84 bits per heavy atom. The molecule has 0 saturated carbocycles. The number of nitrogens with zero attached hydrogens (tertiary/aromatic N) is 1. The van der Waals surface area contributed by atoms with E-state index in [-0.39, 0.29) is 0 Å². The fourth-order valence-corrected chi connectivity index (χ4v) is 2.95. The minimum absolute atomic E-state index is 0.352. The molecule has 0 aliphatic carbocycles. The molecule has 0 amide bonds. The zero-order chi connectivity index (χ0) is 13.8. The number of methoxy groups -OCH3 is 1. The quantitative estimate of drug-likeness (QED) is 0.902. The molecule has 1 aliphatic heterocycles. The van der Waals surface area contributed by atoms with Crippen molar-refractivity contribution in [3.63, 3.8) is 0 Å². The average Bonchev–Trinajstić information content (AvgIpc) is 2.40. The number of ether oxygens (including phenoxy) is 1. The van der Waals surface area contributed by atoms with Gasteiger partial charge in [0.25, 0.3) is 0 Å². The standard InChI is InChI=1S/C16H26N2O/c1-12-7-8-18(11-16(12)19-4)15-6-5-14(10-17-3)9-13(15)2/h5-6,9,12,16-17H,7-8,10-11H2,1-4H3. The number of benzene rings is 1. The summed E-state index contributed by atoms with van der Waals surface area (Å²) in [4.78, 5) is 2.46. The van der Waals surface area contributed by atoms with Crippen LogP contribution < -0.4 is 10.2 Å². The van der Waals surface area contributed by atoms with Gasteiger partial charge in [-0.15, -0.1) is 0 Å². The highest BCUT2D eigenvalue weighted by molar-refractivity contribution is 5.55. The molecule has 106 valence electrons. The zero-order valence-corrected chi connectivity index (χ0v) is 12.6. The molecular formula is C16H26N2O. The molecule has 1 aromatic rings. The molecule has 1 heterocycles. The van der Waals surface area contributed by atoms with Crippen molar-refractivity contribution in [1.29, 1.82) is 0 Å². The number of aryl methyl sites for hydroxylation is 1. The zero-order valence-electron chi connectivity index (χ0n) is 12.6. The van der Waals surface area contributed by atoms with Gasteiger partial charge in [0.05, 0.1) is 6.10 Å². The minimum atomic E-state index is 0.352. The van der Waals surface area contributed by atoms with Crippen LogP contribution in [0.1, 0.15) is 24.5 Å². The summed E-state index contributed by atoms with van der Waals surface area (Å²) in [7, 11) is 3.81. The summed E-state index contributed by atoms with van der Waals surface area (Å²) in [6.07, 6.45) is 1.56. The molecular weight excluding hydrogens is 236 g/mol. The first-order chi connectivity index (χ1) is 9.15. The molecule has 0 spiro atoms. The summed E-state index contributed by atoms with van der Waals surface area (Å²) in [6.45, 7) is 7.55. The molecule has 19 heavy (non-hydrogen) atoms. The minimum Gasteiger partial charge on any atom is -0.379 e. The van der Waals surface area contributed by atoms with Crippen LogP contribution in [0, 0.1) is 12.8 Å². The van der Waals surface area contributed by atoms with Crippen molar-refractivity contribution >= 4 is 5.69 Å². The van der Waals surface area contributed by atoms with Crippen LogP contribution in [-0.2, 0) is 11.3 Å². The van der Waals surface area contributed by atoms with E-state index in [1.807, 2.05) is 14.2 Å². The lowest BCUT2D eigenvalue weighted by Crippen LogP contribution is -2.44. The van der Waals surface area contributed by atoms with E-state index in [2.05, 4.69) is 42.3 Å². The maximum absolute atomic E-state index is 5.61. The van der Waals surface area contributed by atoms with E-state index in [9.17, 15) is 0 Å². The highest BCUT2D eigenvalue weighted by Gasteiger charge is 2.26. The van der Waals surface area contributed by atoms with Crippen LogP contribution in [0.2, 0.25) is 0 Å². The predicted molar refractivity (Wildman–Crippen MR) is 80.7 cm³/mol. The predicted octanol–water partition coefficient (Wildman–Crippen LogP) is 2.58. The van der Waals surface area contributed by atoms with E-state index >= 15 is 0 Å². The van der Waals surface area contributed by atoms with Crippen molar-refractivity contribution in [3.8, 4) is 0 Å². The molecule has 0 radical (unpaired) electrons. The molecule has 1 aromatic carbocycles. The smallest absolute Gasteiger partial charge is 0.0772 e. The van der Waals surface area contributed by atoms with Crippen molar-refractivity contribution < 1.29 is 4.74 Å². The van der Waals surface area contributed by atoms with Gasteiger partial charge in [0.1, 0.15) is 0 Å².